The Morgan fingerprint density at radius 1 is 1.00 bits per heavy atom. The van der Waals surface area contributed by atoms with Crippen molar-refractivity contribution in [1.29, 1.82) is 0 Å². The first-order valence-corrected chi connectivity index (χ1v) is 11.3. The minimum Gasteiger partial charge on any atom is -0.385 e. The average molecular weight is 412 g/mol. The number of hydrogen-bond acceptors (Lipinski definition) is 3. The third kappa shape index (κ3) is 5.55. The molecule has 1 aliphatic heterocycles. The molecule has 1 saturated heterocycles. The summed E-state index contributed by atoms with van der Waals surface area (Å²) in [6, 6.07) is 22.1. The van der Waals surface area contributed by atoms with Gasteiger partial charge in [0, 0.05) is 42.9 Å². The number of nitrogens with one attached hydrogen (secondary N) is 1. The lowest BCUT2D eigenvalue weighted by molar-refractivity contribution is 0.264. The molecule has 1 aliphatic rings. The zero-order chi connectivity index (χ0) is 21.6. The number of pyridine rings is 1. The van der Waals surface area contributed by atoms with Crippen LogP contribution in [-0.4, -0.2) is 29.5 Å². The molecule has 2 heterocycles. The fourth-order valence-electron chi connectivity index (χ4n) is 4.41. The molecule has 160 valence electrons. The molecule has 0 aliphatic carbocycles. The maximum absolute atomic E-state index is 4.28. The smallest absolute Gasteiger partial charge is 0.0378 e. The summed E-state index contributed by atoms with van der Waals surface area (Å²) < 4.78 is 0. The van der Waals surface area contributed by atoms with E-state index in [1.807, 2.05) is 13.1 Å². The van der Waals surface area contributed by atoms with Crippen LogP contribution in [0.25, 0.3) is 11.1 Å². The molecule has 1 N–H and O–H groups in total. The Labute approximate surface area is 186 Å². The average Bonchev–Trinajstić information content (AvgIpc) is 2.80. The summed E-state index contributed by atoms with van der Waals surface area (Å²) in [6.07, 6.45) is 5.32. The van der Waals surface area contributed by atoms with Crippen LogP contribution >= 0.6 is 0 Å². The number of hydrogen-bond donors (Lipinski definition) is 1. The van der Waals surface area contributed by atoms with Gasteiger partial charge in [0.05, 0.1) is 0 Å². The van der Waals surface area contributed by atoms with E-state index in [9.17, 15) is 0 Å². The molecule has 1 fully saturated rings. The fraction of sp³-hybridized carbons (Fsp3) is 0.321. The van der Waals surface area contributed by atoms with Gasteiger partial charge in [-0.1, -0.05) is 43.0 Å². The van der Waals surface area contributed by atoms with Gasteiger partial charge in [0.2, 0.25) is 0 Å². The number of benzene rings is 2. The molecule has 0 radical (unpaired) electrons. The van der Waals surface area contributed by atoms with Gasteiger partial charge in [-0.15, -0.1) is 0 Å². The Morgan fingerprint density at radius 2 is 1.71 bits per heavy atom. The van der Waals surface area contributed by atoms with Crippen LogP contribution in [0.5, 0.6) is 0 Å². The number of aryl methyl sites for hydroxylation is 1. The third-order valence-electron chi connectivity index (χ3n) is 6.34. The molecule has 0 bridgehead atoms. The van der Waals surface area contributed by atoms with E-state index >= 15 is 0 Å². The Balaban J connectivity index is 1.26. The van der Waals surface area contributed by atoms with Crippen molar-refractivity contribution in [2.45, 2.75) is 39.0 Å². The topological polar surface area (TPSA) is 28.2 Å². The van der Waals surface area contributed by atoms with Gasteiger partial charge < -0.3 is 10.2 Å². The molecular formula is C28H33N3. The quantitative estimate of drug-likeness (QED) is 0.486. The van der Waals surface area contributed by atoms with Crippen LogP contribution in [0.3, 0.4) is 0 Å². The SMILES string of the molecule is C=C(C)N1CCC(c2ccc(NCCc3ccc(-c4ccnc(C)c4)cc3)cc2)CC1. The zero-order valence-corrected chi connectivity index (χ0v) is 18.8. The summed E-state index contributed by atoms with van der Waals surface area (Å²) in [4.78, 5) is 6.68. The molecule has 0 atom stereocenters. The van der Waals surface area contributed by atoms with Crippen molar-refractivity contribution in [3.63, 3.8) is 0 Å². The maximum Gasteiger partial charge on any atom is 0.0378 e. The van der Waals surface area contributed by atoms with E-state index in [1.165, 1.54) is 46.5 Å². The predicted molar refractivity (Wildman–Crippen MR) is 131 cm³/mol. The van der Waals surface area contributed by atoms with Gasteiger partial charge in [0.15, 0.2) is 0 Å². The predicted octanol–water partition coefficient (Wildman–Crippen LogP) is 6.42. The van der Waals surface area contributed by atoms with Crippen LogP contribution in [0, 0.1) is 6.92 Å². The van der Waals surface area contributed by atoms with Crippen molar-refractivity contribution in [2.75, 3.05) is 25.0 Å². The van der Waals surface area contributed by atoms with Crippen molar-refractivity contribution < 1.29 is 0 Å². The number of rotatable bonds is 7. The van der Waals surface area contributed by atoms with E-state index in [4.69, 9.17) is 0 Å². The second kappa shape index (κ2) is 9.82. The molecule has 31 heavy (non-hydrogen) atoms. The summed E-state index contributed by atoms with van der Waals surface area (Å²) in [7, 11) is 0. The summed E-state index contributed by atoms with van der Waals surface area (Å²) in [6.45, 7) is 11.4. The van der Waals surface area contributed by atoms with Gasteiger partial charge in [-0.2, -0.15) is 0 Å². The highest BCUT2D eigenvalue weighted by Gasteiger charge is 2.20. The highest BCUT2D eigenvalue weighted by molar-refractivity contribution is 5.63. The lowest BCUT2D eigenvalue weighted by Gasteiger charge is -2.34. The number of piperidine rings is 1. The molecule has 0 spiro atoms. The zero-order valence-electron chi connectivity index (χ0n) is 18.8. The normalized spacial score (nSPS) is 14.5. The summed E-state index contributed by atoms with van der Waals surface area (Å²) in [5.74, 6) is 0.673. The largest absolute Gasteiger partial charge is 0.385 e. The van der Waals surface area contributed by atoms with E-state index in [-0.39, 0.29) is 0 Å². The molecule has 0 saturated carbocycles. The molecule has 0 amide bonds. The van der Waals surface area contributed by atoms with Gasteiger partial charge in [-0.25, -0.2) is 0 Å². The van der Waals surface area contributed by atoms with Crippen LogP contribution in [0.2, 0.25) is 0 Å². The van der Waals surface area contributed by atoms with Crippen molar-refractivity contribution >= 4 is 5.69 Å². The number of allylic oxidation sites excluding steroid dienone is 1. The molecular weight excluding hydrogens is 378 g/mol. The summed E-state index contributed by atoms with van der Waals surface area (Å²) in [5, 5.41) is 3.57. The molecule has 1 aromatic heterocycles. The molecule has 4 rings (SSSR count). The standard InChI is InChI=1S/C28H33N3/c1-21(2)31-18-14-26(15-19-31)24-8-10-28(11-9-24)30-16-12-23-4-6-25(7-5-23)27-13-17-29-22(3)20-27/h4-11,13,17,20,26,30H,1,12,14-16,18-19H2,2-3H3. The Morgan fingerprint density at radius 3 is 2.35 bits per heavy atom. The van der Waals surface area contributed by atoms with Gasteiger partial charge >= 0.3 is 0 Å². The van der Waals surface area contributed by atoms with Gasteiger partial charge in [0.1, 0.15) is 0 Å². The van der Waals surface area contributed by atoms with E-state index in [0.717, 1.165) is 31.7 Å². The van der Waals surface area contributed by atoms with E-state index in [1.54, 1.807) is 0 Å². The minimum atomic E-state index is 0.673. The van der Waals surface area contributed by atoms with Crippen LogP contribution in [0.15, 0.2) is 79.1 Å². The van der Waals surface area contributed by atoms with Crippen molar-refractivity contribution in [2.24, 2.45) is 0 Å². The Kier molecular flexibility index (Phi) is 6.71. The second-order valence-electron chi connectivity index (χ2n) is 8.68. The molecule has 3 heteroatoms. The Hall–Kier alpha value is -3.07. The van der Waals surface area contributed by atoms with E-state index < -0.39 is 0 Å². The van der Waals surface area contributed by atoms with Crippen molar-refractivity contribution in [3.05, 3.63) is 96.0 Å². The summed E-state index contributed by atoms with van der Waals surface area (Å²) >= 11 is 0. The summed E-state index contributed by atoms with van der Waals surface area (Å²) in [5.41, 5.74) is 8.73. The molecule has 3 aromatic rings. The van der Waals surface area contributed by atoms with Gasteiger partial charge in [-0.05, 0) is 85.5 Å². The number of aromatic nitrogens is 1. The van der Waals surface area contributed by atoms with Gasteiger partial charge in [0.25, 0.3) is 0 Å². The monoisotopic (exact) mass is 411 g/mol. The highest BCUT2D eigenvalue weighted by Crippen LogP contribution is 2.30. The van der Waals surface area contributed by atoms with Crippen molar-refractivity contribution in [3.8, 4) is 11.1 Å². The number of nitrogens with zero attached hydrogens (tertiary/aromatic N) is 2. The highest BCUT2D eigenvalue weighted by atomic mass is 15.1. The lowest BCUT2D eigenvalue weighted by atomic mass is 9.89. The first-order valence-electron chi connectivity index (χ1n) is 11.3. The molecule has 0 unspecified atom stereocenters. The first kappa shape index (κ1) is 21.2. The van der Waals surface area contributed by atoms with Crippen molar-refractivity contribution in [1.82, 2.24) is 9.88 Å². The van der Waals surface area contributed by atoms with Crippen LogP contribution in [-0.2, 0) is 6.42 Å². The number of likely N-dealkylation sites (tertiary alicyclic amines) is 1. The molecule has 3 nitrogen and oxygen atoms in total. The first-order chi connectivity index (χ1) is 15.1. The fourth-order valence-corrected chi connectivity index (χ4v) is 4.41. The third-order valence-corrected chi connectivity index (χ3v) is 6.34. The van der Waals surface area contributed by atoms with Crippen LogP contribution < -0.4 is 5.32 Å². The minimum absolute atomic E-state index is 0.673. The van der Waals surface area contributed by atoms with Gasteiger partial charge in [-0.3, -0.25) is 4.98 Å². The second-order valence-corrected chi connectivity index (χ2v) is 8.68. The maximum atomic E-state index is 4.28. The van der Waals surface area contributed by atoms with Crippen LogP contribution in [0.1, 0.15) is 42.5 Å². The number of anilines is 1. The lowest BCUT2D eigenvalue weighted by Crippen LogP contribution is -2.31. The van der Waals surface area contributed by atoms with Crippen LogP contribution in [0.4, 0.5) is 5.69 Å². The van der Waals surface area contributed by atoms with E-state index in [0.29, 0.717) is 5.92 Å². The Bertz CT molecular complexity index is 997. The van der Waals surface area contributed by atoms with E-state index in [2.05, 4.69) is 89.4 Å². The molecule has 2 aromatic carbocycles.